The molecule has 3 rings (SSSR count). The van der Waals surface area contributed by atoms with Gasteiger partial charge < -0.3 is 4.98 Å². The number of aromatic amines is 1. The van der Waals surface area contributed by atoms with Gasteiger partial charge in [-0.25, -0.2) is 9.97 Å². The number of nitrogens with zero attached hydrogens (tertiary/aromatic N) is 2. The van der Waals surface area contributed by atoms with Gasteiger partial charge in [-0.2, -0.15) is 0 Å². The van der Waals surface area contributed by atoms with Crippen molar-refractivity contribution in [3.63, 3.8) is 0 Å². The molecule has 2 aromatic heterocycles. The molecule has 0 bridgehead atoms. The molecule has 3 heteroatoms. The highest BCUT2D eigenvalue weighted by Crippen LogP contribution is 2.35. The van der Waals surface area contributed by atoms with Gasteiger partial charge in [0.15, 0.2) is 5.65 Å². The maximum absolute atomic E-state index is 4.56. The number of H-pyrrole nitrogens is 1. The molecule has 1 aliphatic carbocycles. The zero-order chi connectivity index (χ0) is 8.67. The first-order valence-electron chi connectivity index (χ1n) is 4.73. The topological polar surface area (TPSA) is 41.6 Å². The monoisotopic (exact) mass is 173 g/mol. The Hall–Kier alpha value is -1.38. The van der Waals surface area contributed by atoms with Crippen LogP contribution in [0.3, 0.4) is 0 Å². The second kappa shape index (κ2) is 2.55. The fraction of sp³-hybridized carbons (Fsp3) is 0.400. The van der Waals surface area contributed by atoms with E-state index in [4.69, 9.17) is 0 Å². The lowest BCUT2D eigenvalue weighted by Gasteiger charge is -2.24. The Morgan fingerprint density at radius 2 is 2.31 bits per heavy atom. The minimum atomic E-state index is 0.673. The average molecular weight is 173 g/mol. The first-order chi connectivity index (χ1) is 6.43. The van der Waals surface area contributed by atoms with Crippen molar-refractivity contribution in [2.24, 2.45) is 0 Å². The van der Waals surface area contributed by atoms with Crippen LogP contribution in [0.4, 0.5) is 0 Å². The fourth-order valence-corrected chi connectivity index (χ4v) is 1.75. The predicted octanol–water partition coefficient (Wildman–Crippen LogP) is 2.23. The molecule has 0 spiro atoms. The van der Waals surface area contributed by atoms with Crippen molar-refractivity contribution in [1.82, 2.24) is 15.0 Å². The zero-order valence-electron chi connectivity index (χ0n) is 7.33. The molecule has 0 radical (unpaired) electrons. The third-order valence-electron chi connectivity index (χ3n) is 2.80. The van der Waals surface area contributed by atoms with E-state index in [-0.39, 0.29) is 0 Å². The summed E-state index contributed by atoms with van der Waals surface area (Å²) in [5, 5.41) is 0. The van der Waals surface area contributed by atoms with Gasteiger partial charge >= 0.3 is 0 Å². The van der Waals surface area contributed by atoms with Crippen molar-refractivity contribution in [1.29, 1.82) is 0 Å². The molecular formula is C10H11N3. The van der Waals surface area contributed by atoms with Crippen LogP contribution >= 0.6 is 0 Å². The molecule has 2 aromatic rings. The number of nitrogens with one attached hydrogen (secondary N) is 1. The van der Waals surface area contributed by atoms with Gasteiger partial charge in [-0.1, -0.05) is 6.42 Å². The van der Waals surface area contributed by atoms with Crippen LogP contribution in [0, 0.1) is 0 Å². The van der Waals surface area contributed by atoms with Crippen LogP contribution < -0.4 is 0 Å². The van der Waals surface area contributed by atoms with Crippen molar-refractivity contribution < 1.29 is 0 Å². The van der Waals surface area contributed by atoms with Crippen LogP contribution in [0.1, 0.15) is 30.9 Å². The molecule has 0 saturated heterocycles. The quantitative estimate of drug-likeness (QED) is 0.718. The summed E-state index contributed by atoms with van der Waals surface area (Å²) in [6.07, 6.45) is 7.70. The van der Waals surface area contributed by atoms with Crippen LogP contribution in [-0.4, -0.2) is 15.0 Å². The molecule has 0 unspecified atom stereocenters. The summed E-state index contributed by atoms with van der Waals surface area (Å²) < 4.78 is 0. The Labute approximate surface area is 76.2 Å². The standard InChI is InChI=1S/C10H11N3/c1-2-7(3-1)9-6-12-10-8(13-9)4-5-11-10/h4-7H,1-3H2,(H,11,12). The van der Waals surface area contributed by atoms with E-state index in [1.165, 1.54) is 25.0 Å². The van der Waals surface area contributed by atoms with Crippen molar-refractivity contribution in [3.05, 3.63) is 24.2 Å². The predicted molar refractivity (Wildman–Crippen MR) is 50.5 cm³/mol. The van der Waals surface area contributed by atoms with Gasteiger partial charge in [0.25, 0.3) is 0 Å². The van der Waals surface area contributed by atoms with Crippen LogP contribution in [0.25, 0.3) is 11.2 Å². The number of aromatic nitrogens is 3. The number of rotatable bonds is 1. The van der Waals surface area contributed by atoms with Crippen molar-refractivity contribution in [2.75, 3.05) is 0 Å². The van der Waals surface area contributed by atoms with Crippen LogP contribution in [0.15, 0.2) is 18.5 Å². The van der Waals surface area contributed by atoms with Crippen LogP contribution in [-0.2, 0) is 0 Å². The van der Waals surface area contributed by atoms with Crippen molar-refractivity contribution in [3.8, 4) is 0 Å². The van der Waals surface area contributed by atoms with E-state index in [1.807, 2.05) is 18.5 Å². The fourth-order valence-electron chi connectivity index (χ4n) is 1.75. The second-order valence-corrected chi connectivity index (χ2v) is 3.63. The minimum absolute atomic E-state index is 0.673. The van der Waals surface area contributed by atoms with Gasteiger partial charge in [0.2, 0.25) is 0 Å². The van der Waals surface area contributed by atoms with E-state index in [9.17, 15) is 0 Å². The van der Waals surface area contributed by atoms with E-state index in [2.05, 4.69) is 15.0 Å². The second-order valence-electron chi connectivity index (χ2n) is 3.63. The zero-order valence-corrected chi connectivity index (χ0v) is 7.33. The Morgan fingerprint density at radius 1 is 1.38 bits per heavy atom. The lowest BCUT2D eigenvalue weighted by molar-refractivity contribution is 0.411. The lowest BCUT2D eigenvalue weighted by atomic mass is 9.83. The number of hydrogen-bond acceptors (Lipinski definition) is 2. The van der Waals surface area contributed by atoms with Crippen LogP contribution in [0.5, 0.6) is 0 Å². The Morgan fingerprint density at radius 3 is 3.08 bits per heavy atom. The van der Waals surface area contributed by atoms with Gasteiger partial charge in [-0.3, -0.25) is 0 Å². The lowest BCUT2D eigenvalue weighted by Crippen LogP contribution is -2.10. The average Bonchev–Trinajstić information content (AvgIpc) is 2.47. The Bertz CT molecular complexity index is 428. The minimum Gasteiger partial charge on any atom is -0.345 e. The molecule has 13 heavy (non-hydrogen) atoms. The third-order valence-corrected chi connectivity index (χ3v) is 2.80. The van der Waals surface area contributed by atoms with E-state index in [1.54, 1.807) is 0 Å². The van der Waals surface area contributed by atoms with Crippen molar-refractivity contribution >= 4 is 11.2 Å². The molecule has 1 N–H and O–H groups in total. The van der Waals surface area contributed by atoms with Crippen LogP contribution in [0.2, 0.25) is 0 Å². The highest BCUT2D eigenvalue weighted by atomic mass is 14.9. The van der Waals surface area contributed by atoms with Crippen molar-refractivity contribution in [2.45, 2.75) is 25.2 Å². The Balaban J connectivity index is 2.09. The maximum Gasteiger partial charge on any atom is 0.156 e. The molecule has 1 aliphatic rings. The highest BCUT2D eigenvalue weighted by molar-refractivity contribution is 5.69. The summed E-state index contributed by atoms with van der Waals surface area (Å²) in [6.45, 7) is 0. The van der Waals surface area contributed by atoms with E-state index >= 15 is 0 Å². The summed E-state index contributed by atoms with van der Waals surface area (Å²) in [5.41, 5.74) is 3.05. The molecule has 1 fully saturated rings. The largest absolute Gasteiger partial charge is 0.345 e. The highest BCUT2D eigenvalue weighted by Gasteiger charge is 2.21. The summed E-state index contributed by atoms with van der Waals surface area (Å²) in [5.74, 6) is 0.673. The third kappa shape index (κ3) is 1.03. The van der Waals surface area contributed by atoms with E-state index in [0.29, 0.717) is 5.92 Å². The first-order valence-corrected chi connectivity index (χ1v) is 4.73. The molecule has 66 valence electrons. The number of fused-ring (bicyclic) bond motifs is 1. The summed E-state index contributed by atoms with van der Waals surface area (Å²) in [6, 6.07) is 1.98. The molecule has 0 aliphatic heterocycles. The Kier molecular flexibility index (Phi) is 1.39. The van der Waals surface area contributed by atoms with Gasteiger partial charge in [-0.15, -0.1) is 0 Å². The molecule has 2 heterocycles. The van der Waals surface area contributed by atoms with E-state index in [0.717, 1.165) is 11.2 Å². The molecule has 1 saturated carbocycles. The first kappa shape index (κ1) is 7.06. The molecule has 3 nitrogen and oxygen atoms in total. The summed E-state index contributed by atoms with van der Waals surface area (Å²) >= 11 is 0. The summed E-state index contributed by atoms with van der Waals surface area (Å²) in [4.78, 5) is 11.9. The van der Waals surface area contributed by atoms with Gasteiger partial charge in [0.1, 0.15) is 5.52 Å². The molecule has 0 amide bonds. The van der Waals surface area contributed by atoms with Gasteiger partial charge in [-0.05, 0) is 18.9 Å². The molecule has 0 atom stereocenters. The van der Waals surface area contributed by atoms with E-state index < -0.39 is 0 Å². The van der Waals surface area contributed by atoms with Gasteiger partial charge in [0.05, 0.1) is 11.9 Å². The smallest absolute Gasteiger partial charge is 0.156 e. The normalized spacial score (nSPS) is 17.5. The maximum atomic E-state index is 4.56. The molecule has 0 aromatic carbocycles. The number of hydrogen-bond donors (Lipinski definition) is 1. The molecular weight excluding hydrogens is 162 g/mol. The summed E-state index contributed by atoms with van der Waals surface area (Å²) in [7, 11) is 0. The van der Waals surface area contributed by atoms with Gasteiger partial charge in [0, 0.05) is 12.1 Å². The SMILES string of the molecule is c1cc2nc(C3CCC3)cnc2[nH]1.